The molecule has 0 saturated carbocycles. The molecule has 0 aromatic heterocycles. The highest BCUT2D eigenvalue weighted by Crippen LogP contribution is 2.32. The largest absolute Gasteiger partial charge is 0.497 e. The van der Waals surface area contributed by atoms with Crippen LogP contribution >= 0.6 is 0 Å². The topological polar surface area (TPSA) is 39.7 Å². The van der Waals surface area contributed by atoms with Gasteiger partial charge in [-0.2, -0.15) is 0 Å². The number of hydrogen-bond donors (Lipinski definition) is 1. The van der Waals surface area contributed by atoms with Crippen molar-refractivity contribution in [1.29, 1.82) is 0 Å². The van der Waals surface area contributed by atoms with E-state index in [0.717, 1.165) is 23.6 Å². The highest BCUT2D eigenvalue weighted by molar-refractivity contribution is 5.42. The SMILES string of the molecule is COc1ccc(C2NCC(C)O2)c(OC)c1. The van der Waals surface area contributed by atoms with Gasteiger partial charge in [-0.05, 0) is 19.1 Å². The molecule has 1 aromatic rings. The van der Waals surface area contributed by atoms with Crippen molar-refractivity contribution in [3.63, 3.8) is 0 Å². The summed E-state index contributed by atoms with van der Waals surface area (Å²) in [6.45, 7) is 2.91. The lowest BCUT2D eigenvalue weighted by atomic mass is 10.1. The lowest BCUT2D eigenvalue weighted by Crippen LogP contribution is -2.15. The summed E-state index contributed by atoms with van der Waals surface area (Å²) in [5, 5.41) is 3.29. The van der Waals surface area contributed by atoms with Crippen LogP contribution in [0.15, 0.2) is 18.2 Å². The van der Waals surface area contributed by atoms with Crippen LogP contribution in [0.3, 0.4) is 0 Å². The Kier molecular flexibility index (Phi) is 3.31. The first-order valence-electron chi connectivity index (χ1n) is 5.35. The van der Waals surface area contributed by atoms with Gasteiger partial charge in [-0.25, -0.2) is 0 Å². The molecule has 0 radical (unpaired) electrons. The monoisotopic (exact) mass is 223 g/mol. The van der Waals surface area contributed by atoms with E-state index in [1.54, 1.807) is 14.2 Å². The summed E-state index contributed by atoms with van der Waals surface area (Å²) in [5.74, 6) is 1.57. The molecule has 1 aliphatic rings. The van der Waals surface area contributed by atoms with E-state index >= 15 is 0 Å². The molecule has 1 aromatic carbocycles. The number of hydrogen-bond acceptors (Lipinski definition) is 4. The second kappa shape index (κ2) is 4.72. The van der Waals surface area contributed by atoms with Crippen LogP contribution in [-0.2, 0) is 4.74 Å². The quantitative estimate of drug-likeness (QED) is 0.846. The Morgan fingerprint density at radius 3 is 2.69 bits per heavy atom. The van der Waals surface area contributed by atoms with Crippen LogP contribution < -0.4 is 14.8 Å². The van der Waals surface area contributed by atoms with Gasteiger partial charge in [0.15, 0.2) is 0 Å². The molecular weight excluding hydrogens is 206 g/mol. The van der Waals surface area contributed by atoms with Gasteiger partial charge >= 0.3 is 0 Å². The second-order valence-electron chi connectivity index (χ2n) is 3.84. The maximum Gasteiger partial charge on any atom is 0.138 e. The fourth-order valence-electron chi connectivity index (χ4n) is 1.82. The van der Waals surface area contributed by atoms with Gasteiger partial charge < -0.3 is 14.2 Å². The van der Waals surface area contributed by atoms with E-state index in [1.165, 1.54) is 0 Å². The van der Waals surface area contributed by atoms with E-state index in [9.17, 15) is 0 Å². The molecule has 88 valence electrons. The first-order chi connectivity index (χ1) is 7.74. The summed E-state index contributed by atoms with van der Waals surface area (Å²) in [5.41, 5.74) is 1.01. The van der Waals surface area contributed by atoms with Gasteiger partial charge in [-0.15, -0.1) is 0 Å². The summed E-state index contributed by atoms with van der Waals surface area (Å²) in [7, 11) is 3.29. The second-order valence-corrected chi connectivity index (χ2v) is 3.84. The third-order valence-corrected chi connectivity index (χ3v) is 2.68. The molecule has 0 spiro atoms. The van der Waals surface area contributed by atoms with Gasteiger partial charge in [0.25, 0.3) is 0 Å². The minimum Gasteiger partial charge on any atom is -0.497 e. The van der Waals surface area contributed by atoms with Gasteiger partial charge in [0.1, 0.15) is 17.7 Å². The molecule has 16 heavy (non-hydrogen) atoms. The minimum atomic E-state index is -0.0872. The van der Waals surface area contributed by atoms with Gasteiger partial charge in [-0.3, -0.25) is 5.32 Å². The molecule has 2 atom stereocenters. The van der Waals surface area contributed by atoms with Crippen LogP contribution in [0.2, 0.25) is 0 Å². The van der Waals surface area contributed by atoms with Crippen molar-refractivity contribution in [3.05, 3.63) is 23.8 Å². The predicted octanol–water partition coefficient (Wildman–Crippen LogP) is 1.71. The summed E-state index contributed by atoms with van der Waals surface area (Å²) < 4.78 is 16.2. The molecule has 2 unspecified atom stereocenters. The normalized spacial score (nSPS) is 24.4. The zero-order valence-electron chi connectivity index (χ0n) is 9.82. The Morgan fingerprint density at radius 2 is 2.12 bits per heavy atom. The lowest BCUT2D eigenvalue weighted by molar-refractivity contribution is 0.0495. The van der Waals surface area contributed by atoms with Gasteiger partial charge in [0.2, 0.25) is 0 Å². The van der Waals surface area contributed by atoms with Crippen molar-refractivity contribution >= 4 is 0 Å². The number of benzene rings is 1. The molecular formula is C12H17NO3. The van der Waals surface area contributed by atoms with E-state index in [2.05, 4.69) is 5.32 Å². The standard InChI is InChI=1S/C12H17NO3/c1-8-7-13-12(16-8)10-5-4-9(14-2)6-11(10)15-3/h4-6,8,12-13H,7H2,1-3H3. The van der Waals surface area contributed by atoms with E-state index in [1.807, 2.05) is 25.1 Å². The zero-order chi connectivity index (χ0) is 11.5. The summed E-state index contributed by atoms with van der Waals surface area (Å²) >= 11 is 0. The van der Waals surface area contributed by atoms with E-state index in [-0.39, 0.29) is 12.3 Å². The molecule has 4 heteroatoms. The zero-order valence-corrected chi connectivity index (χ0v) is 9.82. The Balaban J connectivity index is 2.26. The number of rotatable bonds is 3. The third kappa shape index (κ3) is 2.13. The Morgan fingerprint density at radius 1 is 1.31 bits per heavy atom. The fourth-order valence-corrected chi connectivity index (χ4v) is 1.82. The molecule has 0 aliphatic carbocycles. The molecule has 0 bridgehead atoms. The van der Waals surface area contributed by atoms with Crippen molar-refractivity contribution in [1.82, 2.24) is 5.32 Å². The van der Waals surface area contributed by atoms with Crippen molar-refractivity contribution in [2.24, 2.45) is 0 Å². The molecule has 1 fully saturated rings. The number of nitrogens with one attached hydrogen (secondary N) is 1. The summed E-state index contributed by atoms with van der Waals surface area (Å²) in [6, 6.07) is 5.74. The van der Waals surface area contributed by atoms with Crippen LogP contribution in [-0.4, -0.2) is 26.9 Å². The van der Waals surface area contributed by atoms with Crippen molar-refractivity contribution in [3.8, 4) is 11.5 Å². The summed E-state index contributed by atoms with van der Waals surface area (Å²) in [6.07, 6.45) is 0.146. The summed E-state index contributed by atoms with van der Waals surface area (Å²) in [4.78, 5) is 0. The van der Waals surface area contributed by atoms with Gasteiger partial charge in [-0.1, -0.05) is 0 Å². The van der Waals surface area contributed by atoms with Crippen molar-refractivity contribution < 1.29 is 14.2 Å². The molecule has 4 nitrogen and oxygen atoms in total. The Hall–Kier alpha value is -1.26. The van der Waals surface area contributed by atoms with E-state index in [4.69, 9.17) is 14.2 Å². The molecule has 1 heterocycles. The molecule has 1 N–H and O–H groups in total. The highest BCUT2D eigenvalue weighted by Gasteiger charge is 2.25. The lowest BCUT2D eigenvalue weighted by Gasteiger charge is -2.15. The van der Waals surface area contributed by atoms with Crippen LogP contribution in [0, 0.1) is 0 Å². The third-order valence-electron chi connectivity index (χ3n) is 2.68. The molecule has 1 aliphatic heterocycles. The average molecular weight is 223 g/mol. The maximum atomic E-state index is 5.73. The van der Waals surface area contributed by atoms with Crippen LogP contribution in [0.4, 0.5) is 0 Å². The fraction of sp³-hybridized carbons (Fsp3) is 0.500. The van der Waals surface area contributed by atoms with E-state index < -0.39 is 0 Å². The van der Waals surface area contributed by atoms with Crippen molar-refractivity contribution in [2.45, 2.75) is 19.3 Å². The first-order valence-corrected chi connectivity index (χ1v) is 5.35. The average Bonchev–Trinajstić information content (AvgIpc) is 2.74. The van der Waals surface area contributed by atoms with Gasteiger partial charge in [0.05, 0.1) is 20.3 Å². The van der Waals surface area contributed by atoms with Crippen molar-refractivity contribution in [2.75, 3.05) is 20.8 Å². The Bertz CT molecular complexity index is 367. The van der Waals surface area contributed by atoms with E-state index in [0.29, 0.717) is 0 Å². The highest BCUT2D eigenvalue weighted by atomic mass is 16.5. The first kappa shape index (κ1) is 11.2. The minimum absolute atomic E-state index is 0.0872. The predicted molar refractivity (Wildman–Crippen MR) is 60.8 cm³/mol. The Labute approximate surface area is 95.5 Å². The maximum absolute atomic E-state index is 5.73. The van der Waals surface area contributed by atoms with Crippen LogP contribution in [0.25, 0.3) is 0 Å². The smallest absolute Gasteiger partial charge is 0.138 e. The molecule has 1 saturated heterocycles. The number of methoxy groups -OCH3 is 2. The molecule has 0 amide bonds. The van der Waals surface area contributed by atoms with Crippen LogP contribution in [0.5, 0.6) is 11.5 Å². The van der Waals surface area contributed by atoms with Gasteiger partial charge in [0, 0.05) is 18.2 Å². The van der Waals surface area contributed by atoms with Crippen LogP contribution in [0.1, 0.15) is 18.7 Å². The number of ether oxygens (including phenoxy) is 3. The molecule has 2 rings (SSSR count).